The largest absolute Gasteiger partial charge is 0.461 e. The second-order valence-corrected chi connectivity index (χ2v) is 4.57. The molecule has 0 fully saturated rings. The van der Waals surface area contributed by atoms with E-state index in [9.17, 15) is 4.79 Å². The lowest BCUT2D eigenvalue weighted by Gasteiger charge is -2.12. The Hall–Kier alpha value is -2.14. The maximum Gasteiger partial charge on any atom is 0.361 e. The molecule has 6 heteroatoms. The number of anilines is 1. The molecule has 0 amide bonds. The zero-order valence-electron chi connectivity index (χ0n) is 11.0. The summed E-state index contributed by atoms with van der Waals surface area (Å²) >= 11 is 5.76. The number of carbonyl (C=O) groups is 1. The van der Waals surface area contributed by atoms with Gasteiger partial charge >= 0.3 is 5.97 Å². The number of nitrogens with one attached hydrogen (secondary N) is 1. The van der Waals surface area contributed by atoms with E-state index in [1.54, 1.807) is 6.92 Å². The molecule has 0 unspecified atom stereocenters. The Bertz CT molecular complexity index is 658. The summed E-state index contributed by atoms with van der Waals surface area (Å²) in [7, 11) is 0. The standard InChI is InChI=1S/C14H14ClN3O2/c1-3-20-14(19)13-12(16-8-9(2)15)10-6-4-5-7-11(10)17-18-13/h4-7H,2-3,8H2,1H3,(H,16,17). The molecule has 0 saturated heterocycles. The molecule has 1 aromatic carbocycles. The zero-order valence-corrected chi connectivity index (χ0v) is 11.8. The number of hydrogen-bond acceptors (Lipinski definition) is 5. The summed E-state index contributed by atoms with van der Waals surface area (Å²) in [6.07, 6.45) is 0. The molecular formula is C14H14ClN3O2. The molecule has 0 aliphatic carbocycles. The first kappa shape index (κ1) is 14.3. The number of carbonyl (C=O) groups excluding carboxylic acids is 1. The third kappa shape index (κ3) is 3.05. The molecule has 0 aliphatic heterocycles. The lowest BCUT2D eigenvalue weighted by Crippen LogP contribution is -2.14. The Balaban J connectivity index is 2.52. The molecule has 0 bridgehead atoms. The molecule has 104 valence electrons. The summed E-state index contributed by atoms with van der Waals surface area (Å²) in [5.74, 6) is -0.520. The summed E-state index contributed by atoms with van der Waals surface area (Å²) in [6.45, 7) is 5.94. The monoisotopic (exact) mass is 291 g/mol. The van der Waals surface area contributed by atoms with Crippen molar-refractivity contribution in [3.05, 3.63) is 41.6 Å². The van der Waals surface area contributed by atoms with Crippen LogP contribution in [-0.2, 0) is 4.74 Å². The molecule has 0 atom stereocenters. The second-order valence-electron chi connectivity index (χ2n) is 4.03. The summed E-state index contributed by atoms with van der Waals surface area (Å²) in [5, 5.41) is 12.2. The minimum absolute atomic E-state index is 0.142. The molecule has 0 spiro atoms. The van der Waals surface area contributed by atoms with Gasteiger partial charge in [0.25, 0.3) is 0 Å². The van der Waals surface area contributed by atoms with Crippen LogP contribution in [0.15, 0.2) is 35.9 Å². The van der Waals surface area contributed by atoms with E-state index in [0.717, 1.165) is 5.39 Å². The van der Waals surface area contributed by atoms with Crippen molar-refractivity contribution >= 4 is 34.2 Å². The van der Waals surface area contributed by atoms with Gasteiger partial charge in [0, 0.05) is 10.4 Å². The zero-order chi connectivity index (χ0) is 14.5. The van der Waals surface area contributed by atoms with E-state index in [2.05, 4.69) is 22.1 Å². The number of ether oxygens (including phenoxy) is 1. The fourth-order valence-electron chi connectivity index (χ4n) is 1.76. The molecular weight excluding hydrogens is 278 g/mol. The first-order valence-electron chi connectivity index (χ1n) is 6.13. The topological polar surface area (TPSA) is 64.1 Å². The number of aromatic nitrogens is 2. The minimum Gasteiger partial charge on any atom is -0.461 e. The maximum absolute atomic E-state index is 11.9. The molecule has 1 heterocycles. The van der Waals surface area contributed by atoms with Crippen molar-refractivity contribution in [3.8, 4) is 0 Å². The fourth-order valence-corrected chi connectivity index (χ4v) is 1.83. The number of benzene rings is 1. The van der Waals surface area contributed by atoms with Crippen LogP contribution in [0.4, 0.5) is 5.69 Å². The Morgan fingerprint density at radius 3 is 2.85 bits per heavy atom. The van der Waals surface area contributed by atoms with E-state index in [1.807, 2.05) is 24.3 Å². The Morgan fingerprint density at radius 2 is 2.15 bits per heavy atom. The number of fused-ring (bicyclic) bond motifs is 1. The Labute approximate surface area is 121 Å². The van der Waals surface area contributed by atoms with Gasteiger partial charge < -0.3 is 10.1 Å². The van der Waals surface area contributed by atoms with Gasteiger partial charge in [-0.2, -0.15) is 0 Å². The van der Waals surface area contributed by atoms with E-state index < -0.39 is 5.97 Å². The van der Waals surface area contributed by atoms with Crippen molar-refractivity contribution in [1.29, 1.82) is 0 Å². The SMILES string of the molecule is C=C(Cl)CNc1c(C(=O)OCC)nnc2ccccc12. The lowest BCUT2D eigenvalue weighted by atomic mass is 10.1. The number of halogens is 1. The number of nitrogens with zero attached hydrogens (tertiary/aromatic N) is 2. The fraction of sp³-hybridized carbons (Fsp3) is 0.214. The van der Waals surface area contributed by atoms with Gasteiger partial charge in [0.15, 0.2) is 5.69 Å². The molecule has 0 radical (unpaired) electrons. The molecule has 5 nitrogen and oxygen atoms in total. The van der Waals surface area contributed by atoms with E-state index in [0.29, 0.717) is 22.8 Å². The summed E-state index contributed by atoms with van der Waals surface area (Å²) < 4.78 is 4.99. The summed E-state index contributed by atoms with van der Waals surface area (Å²) in [4.78, 5) is 11.9. The molecule has 0 saturated carbocycles. The van der Waals surface area contributed by atoms with Gasteiger partial charge in [-0.15, -0.1) is 10.2 Å². The van der Waals surface area contributed by atoms with Crippen molar-refractivity contribution in [2.24, 2.45) is 0 Å². The second kappa shape index (κ2) is 6.34. The van der Waals surface area contributed by atoms with Gasteiger partial charge in [0.1, 0.15) is 0 Å². The van der Waals surface area contributed by atoms with Crippen molar-refractivity contribution in [3.63, 3.8) is 0 Å². The molecule has 0 aliphatic rings. The average Bonchev–Trinajstić information content (AvgIpc) is 2.44. The number of hydrogen-bond donors (Lipinski definition) is 1. The Morgan fingerprint density at radius 1 is 1.40 bits per heavy atom. The van der Waals surface area contributed by atoms with E-state index in [-0.39, 0.29) is 12.3 Å². The number of rotatable bonds is 5. The summed E-state index contributed by atoms with van der Waals surface area (Å²) in [6, 6.07) is 7.38. The van der Waals surface area contributed by atoms with Gasteiger partial charge in [0.2, 0.25) is 0 Å². The highest BCUT2D eigenvalue weighted by molar-refractivity contribution is 6.29. The van der Waals surface area contributed by atoms with Crippen LogP contribution >= 0.6 is 11.6 Å². The van der Waals surface area contributed by atoms with Gasteiger partial charge in [-0.3, -0.25) is 0 Å². The normalized spacial score (nSPS) is 10.3. The van der Waals surface area contributed by atoms with E-state index in [4.69, 9.17) is 16.3 Å². The molecule has 1 aromatic heterocycles. The van der Waals surface area contributed by atoms with Crippen LogP contribution in [0.5, 0.6) is 0 Å². The lowest BCUT2D eigenvalue weighted by molar-refractivity contribution is 0.0519. The van der Waals surface area contributed by atoms with Crippen molar-refractivity contribution in [2.45, 2.75) is 6.92 Å². The van der Waals surface area contributed by atoms with Gasteiger partial charge in [-0.05, 0) is 13.0 Å². The van der Waals surface area contributed by atoms with Crippen molar-refractivity contribution in [2.75, 3.05) is 18.5 Å². The van der Waals surface area contributed by atoms with Crippen LogP contribution in [0.1, 0.15) is 17.4 Å². The number of esters is 1. The van der Waals surface area contributed by atoms with Gasteiger partial charge in [-0.1, -0.05) is 36.4 Å². The van der Waals surface area contributed by atoms with Crippen LogP contribution < -0.4 is 5.32 Å². The third-order valence-corrected chi connectivity index (χ3v) is 2.73. The van der Waals surface area contributed by atoms with Gasteiger partial charge in [0.05, 0.1) is 24.4 Å². The predicted molar refractivity (Wildman–Crippen MR) is 79.0 cm³/mol. The molecule has 2 aromatic rings. The van der Waals surface area contributed by atoms with Crippen LogP contribution in [0, 0.1) is 0 Å². The van der Waals surface area contributed by atoms with Crippen molar-refractivity contribution in [1.82, 2.24) is 10.2 Å². The third-order valence-electron chi connectivity index (χ3n) is 2.59. The average molecular weight is 292 g/mol. The highest BCUT2D eigenvalue weighted by atomic mass is 35.5. The van der Waals surface area contributed by atoms with Crippen LogP contribution in [0.25, 0.3) is 10.9 Å². The highest BCUT2D eigenvalue weighted by Gasteiger charge is 2.18. The van der Waals surface area contributed by atoms with Crippen molar-refractivity contribution < 1.29 is 9.53 Å². The first-order chi connectivity index (χ1) is 9.63. The molecule has 1 N–H and O–H groups in total. The molecule has 2 rings (SSSR count). The van der Waals surface area contributed by atoms with Crippen LogP contribution in [-0.4, -0.2) is 29.3 Å². The minimum atomic E-state index is -0.520. The van der Waals surface area contributed by atoms with Crippen LogP contribution in [0.3, 0.4) is 0 Å². The maximum atomic E-state index is 11.9. The van der Waals surface area contributed by atoms with E-state index >= 15 is 0 Å². The van der Waals surface area contributed by atoms with E-state index in [1.165, 1.54) is 0 Å². The highest BCUT2D eigenvalue weighted by Crippen LogP contribution is 2.25. The summed E-state index contributed by atoms with van der Waals surface area (Å²) in [5.41, 5.74) is 1.38. The molecule has 20 heavy (non-hydrogen) atoms. The quantitative estimate of drug-likeness (QED) is 0.858. The smallest absolute Gasteiger partial charge is 0.361 e. The Kier molecular flexibility index (Phi) is 4.53. The predicted octanol–water partition coefficient (Wildman–Crippen LogP) is 2.97. The van der Waals surface area contributed by atoms with Gasteiger partial charge in [-0.25, -0.2) is 4.79 Å². The first-order valence-corrected chi connectivity index (χ1v) is 6.51. The van der Waals surface area contributed by atoms with Crippen LogP contribution in [0.2, 0.25) is 0 Å².